The first kappa shape index (κ1) is 28.4. The first-order valence-corrected chi connectivity index (χ1v) is 13.7. The fourth-order valence-corrected chi connectivity index (χ4v) is 5.86. The van der Waals surface area contributed by atoms with Gasteiger partial charge in [-0.25, -0.2) is 14.1 Å². The van der Waals surface area contributed by atoms with Crippen LogP contribution in [0.1, 0.15) is 49.2 Å². The summed E-state index contributed by atoms with van der Waals surface area (Å²) in [5.41, 5.74) is 6.94. The average Bonchev–Trinajstić information content (AvgIpc) is 3.31. The van der Waals surface area contributed by atoms with Crippen molar-refractivity contribution < 1.29 is 13.9 Å². The summed E-state index contributed by atoms with van der Waals surface area (Å²) in [6, 6.07) is 17.3. The second-order valence-corrected chi connectivity index (χ2v) is 11.2. The molecule has 1 fully saturated rings. The minimum Gasteiger partial charge on any atom is -0.482 e. The highest BCUT2D eigenvalue weighted by Crippen LogP contribution is 2.49. The predicted molar refractivity (Wildman–Crippen MR) is 158 cm³/mol. The Bertz CT molecular complexity index is 1580. The zero-order valence-electron chi connectivity index (χ0n) is 22.0. The fraction of sp³-hybridized carbons (Fsp3) is 0.267. The summed E-state index contributed by atoms with van der Waals surface area (Å²) in [7, 11) is 0. The van der Waals surface area contributed by atoms with E-state index in [2.05, 4.69) is 5.43 Å². The Labute approximate surface area is 248 Å². The topological polar surface area (TPSA) is 59.4 Å². The van der Waals surface area contributed by atoms with Gasteiger partial charge in [-0.1, -0.05) is 47.8 Å². The summed E-state index contributed by atoms with van der Waals surface area (Å²) >= 11 is 12.8. The Hall–Kier alpha value is -3.10. The summed E-state index contributed by atoms with van der Waals surface area (Å²) in [4.78, 5) is 13.7. The highest BCUT2D eigenvalue weighted by Gasteiger charge is 2.42. The van der Waals surface area contributed by atoms with Crippen molar-refractivity contribution in [2.75, 3.05) is 13.1 Å². The van der Waals surface area contributed by atoms with Gasteiger partial charge in [0.25, 0.3) is 5.91 Å². The van der Waals surface area contributed by atoms with Crippen molar-refractivity contribution in [3.63, 3.8) is 0 Å². The van der Waals surface area contributed by atoms with E-state index < -0.39 is 5.60 Å². The lowest BCUT2D eigenvalue weighted by molar-refractivity contribution is 0.0720. The number of carbonyl (C=O) groups is 1. The third kappa shape index (κ3) is 5.19. The molecule has 0 aliphatic carbocycles. The van der Waals surface area contributed by atoms with Crippen LogP contribution in [0.2, 0.25) is 10.0 Å². The van der Waals surface area contributed by atoms with Crippen LogP contribution in [0.3, 0.4) is 0 Å². The lowest BCUT2D eigenvalue weighted by Crippen LogP contribution is -2.46. The SMILES string of the molecule is CC1(C)Oc2cc(-c3ccc(F)cc3)ccc2-c2c1c(C(=O)NN1CCCCC1)nn2-c1ccc(Cl)cc1Cl.Cl. The molecular formula is C30H28Cl3FN4O2. The number of hydrogen-bond acceptors (Lipinski definition) is 4. The van der Waals surface area contributed by atoms with Gasteiger partial charge in [-0.3, -0.25) is 10.2 Å². The number of aromatic nitrogens is 2. The van der Waals surface area contributed by atoms with Crippen molar-refractivity contribution >= 4 is 41.5 Å². The van der Waals surface area contributed by atoms with Crippen LogP contribution >= 0.6 is 35.6 Å². The van der Waals surface area contributed by atoms with Gasteiger partial charge in [0.15, 0.2) is 5.69 Å². The lowest BCUT2D eigenvalue weighted by atomic mass is 9.88. The van der Waals surface area contributed by atoms with Crippen LogP contribution in [0.25, 0.3) is 28.1 Å². The van der Waals surface area contributed by atoms with Crippen molar-refractivity contribution in [3.05, 3.63) is 87.8 Å². The molecule has 0 spiro atoms. The Balaban J connectivity index is 0.00000323. The first-order valence-electron chi connectivity index (χ1n) is 13.0. The van der Waals surface area contributed by atoms with Crippen molar-refractivity contribution in [1.82, 2.24) is 20.2 Å². The van der Waals surface area contributed by atoms with E-state index in [4.69, 9.17) is 33.0 Å². The van der Waals surface area contributed by atoms with Gasteiger partial charge in [-0.2, -0.15) is 5.10 Å². The molecule has 2 aliphatic rings. The van der Waals surface area contributed by atoms with Gasteiger partial charge in [0.1, 0.15) is 17.2 Å². The summed E-state index contributed by atoms with van der Waals surface area (Å²) < 4.78 is 21.8. The summed E-state index contributed by atoms with van der Waals surface area (Å²) in [6.07, 6.45) is 3.22. The van der Waals surface area contributed by atoms with Crippen LogP contribution < -0.4 is 10.2 Å². The number of nitrogens with one attached hydrogen (secondary N) is 1. The van der Waals surface area contributed by atoms with Gasteiger partial charge in [-0.15, -0.1) is 12.4 Å². The van der Waals surface area contributed by atoms with Crippen LogP contribution in [0, 0.1) is 5.82 Å². The van der Waals surface area contributed by atoms with E-state index in [1.54, 1.807) is 35.0 Å². The molecule has 1 amide bonds. The number of benzene rings is 3. The maximum absolute atomic E-state index is 13.7. The fourth-order valence-electron chi connectivity index (χ4n) is 5.38. The van der Waals surface area contributed by atoms with Crippen molar-refractivity contribution in [3.8, 4) is 33.8 Å². The second-order valence-electron chi connectivity index (χ2n) is 10.4. The zero-order chi connectivity index (χ0) is 27.3. The lowest BCUT2D eigenvalue weighted by Gasteiger charge is -2.34. The Morgan fingerprint density at radius 1 is 0.975 bits per heavy atom. The summed E-state index contributed by atoms with van der Waals surface area (Å²) in [5, 5.41) is 7.69. The van der Waals surface area contributed by atoms with Crippen LogP contribution in [-0.4, -0.2) is 33.8 Å². The first-order chi connectivity index (χ1) is 18.7. The average molecular weight is 602 g/mol. The monoisotopic (exact) mass is 600 g/mol. The number of rotatable bonds is 4. The normalized spacial score (nSPS) is 15.8. The third-order valence-electron chi connectivity index (χ3n) is 7.24. The number of halogens is 4. The van der Waals surface area contributed by atoms with E-state index in [9.17, 15) is 9.18 Å². The Morgan fingerprint density at radius 3 is 2.38 bits per heavy atom. The maximum atomic E-state index is 13.7. The molecule has 1 saturated heterocycles. The van der Waals surface area contributed by atoms with Gasteiger partial charge >= 0.3 is 0 Å². The van der Waals surface area contributed by atoms with E-state index in [0.717, 1.165) is 54.7 Å². The standard InChI is InChI=1S/C30H27Cl2FN4O2.ClH/c1-30(2)26-27(29(38)35-36-14-4-3-5-15-36)34-37(24-13-9-20(31)17-23(24)32)28(26)22-12-8-19(16-25(22)39-30)18-6-10-21(33)11-7-18;/h6-13,16-17H,3-5,14-15H2,1-2H3,(H,35,38);1H. The van der Waals surface area contributed by atoms with E-state index in [-0.39, 0.29) is 29.8 Å². The van der Waals surface area contributed by atoms with E-state index in [1.165, 1.54) is 12.1 Å². The molecule has 1 aromatic heterocycles. The molecule has 6 rings (SSSR count). The van der Waals surface area contributed by atoms with Crippen LogP contribution in [-0.2, 0) is 5.60 Å². The van der Waals surface area contributed by atoms with Crippen LogP contribution in [0.15, 0.2) is 60.7 Å². The molecule has 0 unspecified atom stereocenters. The number of amides is 1. The quantitative estimate of drug-likeness (QED) is 0.259. The number of hydrazine groups is 1. The molecule has 6 nitrogen and oxygen atoms in total. The van der Waals surface area contributed by atoms with E-state index >= 15 is 0 Å². The third-order valence-corrected chi connectivity index (χ3v) is 7.77. The molecule has 0 atom stereocenters. The van der Waals surface area contributed by atoms with Gasteiger partial charge in [0, 0.05) is 23.7 Å². The van der Waals surface area contributed by atoms with Gasteiger partial charge in [-0.05, 0) is 80.3 Å². The van der Waals surface area contributed by atoms with E-state index in [0.29, 0.717) is 27.0 Å². The number of nitrogens with zero attached hydrogens (tertiary/aromatic N) is 3. The smallest absolute Gasteiger partial charge is 0.286 e. The van der Waals surface area contributed by atoms with Gasteiger partial charge < -0.3 is 4.74 Å². The largest absolute Gasteiger partial charge is 0.482 e. The molecule has 3 aromatic carbocycles. The molecule has 1 N–H and O–H groups in total. The molecule has 0 saturated carbocycles. The zero-order valence-corrected chi connectivity index (χ0v) is 24.3. The van der Waals surface area contributed by atoms with Crippen molar-refractivity contribution in [2.24, 2.45) is 0 Å². The predicted octanol–water partition coefficient (Wildman–Crippen LogP) is 7.83. The highest BCUT2D eigenvalue weighted by atomic mass is 35.5. The van der Waals surface area contributed by atoms with Gasteiger partial charge in [0.05, 0.1) is 22.0 Å². The minimum absolute atomic E-state index is 0. The molecule has 0 bridgehead atoms. The minimum atomic E-state index is -0.893. The molecule has 40 heavy (non-hydrogen) atoms. The van der Waals surface area contributed by atoms with Crippen LogP contribution in [0.5, 0.6) is 5.75 Å². The summed E-state index contributed by atoms with van der Waals surface area (Å²) in [6.45, 7) is 5.44. The Morgan fingerprint density at radius 2 is 1.68 bits per heavy atom. The van der Waals surface area contributed by atoms with Crippen molar-refractivity contribution in [1.29, 1.82) is 0 Å². The molecule has 208 valence electrons. The highest BCUT2D eigenvalue weighted by molar-refractivity contribution is 6.35. The Kier molecular flexibility index (Phi) is 7.86. The number of carbonyl (C=O) groups excluding carboxylic acids is 1. The molecular weight excluding hydrogens is 574 g/mol. The van der Waals surface area contributed by atoms with E-state index in [1.807, 2.05) is 37.1 Å². The second kappa shape index (κ2) is 11.1. The molecule has 0 radical (unpaired) electrons. The van der Waals surface area contributed by atoms with Crippen LogP contribution in [0.4, 0.5) is 4.39 Å². The maximum Gasteiger partial charge on any atom is 0.286 e. The number of piperidine rings is 1. The molecule has 10 heteroatoms. The molecule has 3 heterocycles. The molecule has 2 aliphatic heterocycles. The number of ether oxygens (including phenoxy) is 1. The summed E-state index contributed by atoms with van der Waals surface area (Å²) in [5.74, 6) is 0.0430. The number of hydrogen-bond donors (Lipinski definition) is 1. The van der Waals surface area contributed by atoms with Crippen molar-refractivity contribution in [2.45, 2.75) is 38.7 Å². The number of fused-ring (bicyclic) bond motifs is 3. The molecule has 4 aromatic rings. The van der Waals surface area contributed by atoms with Gasteiger partial charge in [0.2, 0.25) is 0 Å².